The molecule has 1 aromatic rings. The highest BCUT2D eigenvalue weighted by molar-refractivity contribution is 7.89. The summed E-state index contributed by atoms with van der Waals surface area (Å²) in [6, 6.07) is 0. The molecule has 8 heteroatoms. The molecule has 1 unspecified atom stereocenters. The molecule has 7 nitrogen and oxygen atoms in total. The lowest BCUT2D eigenvalue weighted by atomic mass is 10.4. The summed E-state index contributed by atoms with van der Waals surface area (Å²) in [5, 5.41) is 13.1. The lowest BCUT2D eigenvalue weighted by Gasteiger charge is -2.11. The van der Waals surface area contributed by atoms with Crippen LogP contribution in [-0.2, 0) is 21.3 Å². The molecule has 0 radical (unpaired) electrons. The van der Waals surface area contributed by atoms with E-state index in [2.05, 4.69) is 9.82 Å². The van der Waals surface area contributed by atoms with E-state index >= 15 is 0 Å². The summed E-state index contributed by atoms with van der Waals surface area (Å²) < 4.78 is 33.8. The van der Waals surface area contributed by atoms with E-state index in [9.17, 15) is 8.42 Å². The second-order valence-electron chi connectivity index (χ2n) is 4.70. The van der Waals surface area contributed by atoms with Crippen LogP contribution in [0.2, 0.25) is 0 Å². The molecular formula is C12H23N3O4S. The summed E-state index contributed by atoms with van der Waals surface area (Å²) in [5.74, 6) is 0. The Morgan fingerprint density at radius 2 is 2.10 bits per heavy atom. The first-order chi connectivity index (χ1) is 9.33. The molecule has 116 valence electrons. The number of aliphatic hydroxyl groups is 1. The number of hydrogen-bond acceptors (Lipinski definition) is 5. The van der Waals surface area contributed by atoms with E-state index in [-0.39, 0.29) is 24.2 Å². The normalized spacial score (nSPS) is 13.7. The molecule has 0 saturated carbocycles. The Hall–Kier alpha value is -0.960. The summed E-state index contributed by atoms with van der Waals surface area (Å²) in [6.45, 7) is 5.91. The molecule has 0 aliphatic carbocycles. The van der Waals surface area contributed by atoms with Gasteiger partial charge < -0.3 is 9.84 Å². The van der Waals surface area contributed by atoms with Gasteiger partial charge in [0.2, 0.25) is 10.0 Å². The summed E-state index contributed by atoms with van der Waals surface area (Å²) in [5.41, 5.74) is 1.03. The summed E-state index contributed by atoms with van der Waals surface area (Å²) in [7, 11) is -2.08. The average Bonchev–Trinajstić information content (AvgIpc) is 2.68. The Morgan fingerprint density at radius 3 is 2.65 bits per heavy atom. The van der Waals surface area contributed by atoms with Crippen LogP contribution < -0.4 is 4.72 Å². The summed E-state index contributed by atoms with van der Waals surface area (Å²) >= 11 is 0. The van der Waals surface area contributed by atoms with Gasteiger partial charge in [0.1, 0.15) is 4.90 Å². The molecule has 1 aromatic heterocycles. The van der Waals surface area contributed by atoms with Gasteiger partial charge in [-0.25, -0.2) is 13.1 Å². The molecule has 0 aliphatic heterocycles. The predicted octanol–water partition coefficient (Wildman–Crippen LogP) is 0.196. The minimum Gasteiger partial charge on any atom is -0.396 e. The molecule has 2 N–H and O–H groups in total. The van der Waals surface area contributed by atoms with Gasteiger partial charge in [0.15, 0.2) is 0 Å². The predicted molar refractivity (Wildman–Crippen MR) is 75.1 cm³/mol. The molecular weight excluding hydrogens is 282 g/mol. The fraction of sp³-hybridized carbons (Fsp3) is 0.750. The first-order valence-electron chi connectivity index (χ1n) is 6.50. The molecule has 0 saturated heterocycles. The Balaban J connectivity index is 2.97. The topological polar surface area (TPSA) is 93.5 Å². The molecule has 0 amide bonds. The zero-order chi connectivity index (χ0) is 15.3. The molecule has 1 heterocycles. The number of rotatable bonds is 8. The van der Waals surface area contributed by atoms with Gasteiger partial charge in [-0.05, 0) is 27.2 Å². The number of nitrogens with one attached hydrogen (secondary N) is 1. The smallest absolute Gasteiger partial charge is 0.244 e. The van der Waals surface area contributed by atoms with E-state index in [0.717, 1.165) is 0 Å². The number of ether oxygens (including phenoxy) is 1. The van der Waals surface area contributed by atoms with Crippen LogP contribution in [0, 0.1) is 13.8 Å². The molecule has 0 fully saturated rings. The molecule has 0 aromatic carbocycles. The lowest BCUT2D eigenvalue weighted by Crippen LogP contribution is -2.32. The quantitative estimate of drug-likeness (QED) is 0.715. The van der Waals surface area contributed by atoms with Gasteiger partial charge in [0.25, 0.3) is 0 Å². The van der Waals surface area contributed by atoms with Crippen molar-refractivity contribution in [3.8, 4) is 0 Å². The number of aromatic nitrogens is 2. The molecule has 1 atom stereocenters. The van der Waals surface area contributed by atoms with Gasteiger partial charge >= 0.3 is 0 Å². The van der Waals surface area contributed by atoms with Crippen molar-refractivity contribution in [2.24, 2.45) is 0 Å². The summed E-state index contributed by atoms with van der Waals surface area (Å²) in [4.78, 5) is 0.207. The van der Waals surface area contributed by atoms with Crippen molar-refractivity contribution in [3.05, 3.63) is 11.4 Å². The Morgan fingerprint density at radius 1 is 1.45 bits per heavy atom. The molecule has 0 spiro atoms. The van der Waals surface area contributed by atoms with Crippen LogP contribution in [0.3, 0.4) is 0 Å². The highest BCUT2D eigenvalue weighted by Gasteiger charge is 2.24. The van der Waals surface area contributed by atoms with Crippen molar-refractivity contribution in [3.63, 3.8) is 0 Å². The Bertz CT molecular complexity index is 539. The zero-order valence-electron chi connectivity index (χ0n) is 12.4. The van der Waals surface area contributed by atoms with Gasteiger partial charge in [0, 0.05) is 26.8 Å². The van der Waals surface area contributed by atoms with Crippen LogP contribution in [-0.4, -0.2) is 49.7 Å². The molecule has 1 rings (SSSR count). The number of hydrogen-bond donors (Lipinski definition) is 2. The average molecular weight is 305 g/mol. The Kier molecular flexibility index (Phi) is 6.12. The largest absolute Gasteiger partial charge is 0.396 e. The minimum atomic E-state index is -3.61. The zero-order valence-corrected chi connectivity index (χ0v) is 13.2. The number of aliphatic hydroxyl groups excluding tert-OH is 1. The standard InChI is InChI=1S/C12H23N3O4S/c1-9(19-4)8-13-20(17,18)12-10(2)14-15(11(12)3)6-5-7-16/h9,13,16H,5-8H2,1-4H3. The molecule has 20 heavy (non-hydrogen) atoms. The fourth-order valence-electron chi connectivity index (χ4n) is 1.89. The van der Waals surface area contributed by atoms with Crippen LogP contribution in [0.15, 0.2) is 4.90 Å². The van der Waals surface area contributed by atoms with E-state index < -0.39 is 10.0 Å². The van der Waals surface area contributed by atoms with Crippen molar-refractivity contribution < 1.29 is 18.3 Å². The second-order valence-corrected chi connectivity index (χ2v) is 6.40. The van der Waals surface area contributed by atoms with E-state index in [1.807, 2.05) is 0 Å². The Labute approximate surface area is 120 Å². The minimum absolute atomic E-state index is 0.0457. The highest BCUT2D eigenvalue weighted by atomic mass is 32.2. The number of methoxy groups -OCH3 is 1. The van der Waals surface area contributed by atoms with Crippen molar-refractivity contribution in [2.75, 3.05) is 20.3 Å². The highest BCUT2D eigenvalue weighted by Crippen LogP contribution is 2.19. The van der Waals surface area contributed by atoms with Crippen LogP contribution in [0.25, 0.3) is 0 Å². The van der Waals surface area contributed by atoms with E-state index in [0.29, 0.717) is 24.4 Å². The first kappa shape index (κ1) is 17.1. The van der Waals surface area contributed by atoms with Crippen molar-refractivity contribution >= 4 is 10.0 Å². The number of aryl methyl sites for hydroxylation is 2. The SMILES string of the molecule is COC(C)CNS(=O)(=O)c1c(C)nn(CCCO)c1C. The van der Waals surface area contributed by atoms with Gasteiger partial charge in [-0.1, -0.05) is 0 Å². The maximum atomic E-state index is 12.3. The fourth-order valence-corrected chi connectivity index (χ4v) is 3.41. The third-order valence-corrected chi connectivity index (χ3v) is 4.75. The summed E-state index contributed by atoms with van der Waals surface area (Å²) in [6.07, 6.45) is 0.338. The van der Waals surface area contributed by atoms with Gasteiger partial charge in [-0.2, -0.15) is 5.10 Å². The third kappa shape index (κ3) is 4.02. The lowest BCUT2D eigenvalue weighted by molar-refractivity contribution is 0.122. The van der Waals surface area contributed by atoms with Crippen molar-refractivity contribution in [1.82, 2.24) is 14.5 Å². The number of nitrogens with zero attached hydrogens (tertiary/aromatic N) is 2. The van der Waals surface area contributed by atoms with E-state index in [1.165, 1.54) is 7.11 Å². The van der Waals surface area contributed by atoms with Crippen LogP contribution in [0.4, 0.5) is 0 Å². The van der Waals surface area contributed by atoms with Crippen LogP contribution in [0.1, 0.15) is 24.7 Å². The van der Waals surface area contributed by atoms with Gasteiger partial charge in [-0.3, -0.25) is 4.68 Å². The monoisotopic (exact) mass is 305 g/mol. The maximum Gasteiger partial charge on any atom is 0.244 e. The van der Waals surface area contributed by atoms with E-state index in [1.54, 1.807) is 25.5 Å². The van der Waals surface area contributed by atoms with Crippen molar-refractivity contribution in [2.45, 2.75) is 44.7 Å². The maximum absolute atomic E-state index is 12.3. The third-order valence-electron chi connectivity index (χ3n) is 3.08. The van der Waals surface area contributed by atoms with Gasteiger partial charge in [0.05, 0.1) is 17.5 Å². The van der Waals surface area contributed by atoms with Crippen LogP contribution in [0.5, 0.6) is 0 Å². The van der Waals surface area contributed by atoms with Crippen LogP contribution >= 0.6 is 0 Å². The van der Waals surface area contributed by atoms with Crippen molar-refractivity contribution in [1.29, 1.82) is 0 Å². The van der Waals surface area contributed by atoms with E-state index in [4.69, 9.17) is 9.84 Å². The number of sulfonamides is 1. The molecule has 0 aliphatic rings. The second kappa shape index (κ2) is 7.16. The first-order valence-corrected chi connectivity index (χ1v) is 7.99. The molecule has 0 bridgehead atoms. The van der Waals surface area contributed by atoms with Gasteiger partial charge in [-0.15, -0.1) is 0 Å².